The highest BCUT2D eigenvalue weighted by atomic mass is 16.6. The molecule has 0 bridgehead atoms. The van der Waals surface area contributed by atoms with Crippen molar-refractivity contribution in [3.63, 3.8) is 0 Å². The van der Waals surface area contributed by atoms with Crippen LogP contribution in [-0.4, -0.2) is 64.2 Å². The minimum absolute atomic E-state index is 0.238. The molecule has 3 N–H and O–H groups in total. The third-order valence-corrected chi connectivity index (χ3v) is 4.17. The number of likely N-dealkylation sites (tertiary alicyclic amines) is 1. The lowest BCUT2D eigenvalue weighted by Gasteiger charge is -2.28. The molecule has 9 heteroatoms. The highest BCUT2D eigenvalue weighted by Gasteiger charge is 2.37. The number of hydrogen-bond donors (Lipinski definition) is 3. The van der Waals surface area contributed by atoms with Gasteiger partial charge in [-0.2, -0.15) is 0 Å². The second-order valence-corrected chi connectivity index (χ2v) is 8.13. The largest absolute Gasteiger partial charge is 0.480 e. The summed E-state index contributed by atoms with van der Waals surface area (Å²) in [7, 11) is 0. The van der Waals surface area contributed by atoms with Crippen molar-refractivity contribution in [3.8, 4) is 0 Å². The number of carboxylic acid groups (broad SMARTS) is 1. The van der Waals surface area contributed by atoms with Crippen molar-refractivity contribution >= 4 is 23.9 Å². The van der Waals surface area contributed by atoms with E-state index in [2.05, 4.69) is 10.6 Å². The van der Waals surface area contributed by atoms with Crippen LogP contribution in [0, 0.1) is 5.92 Å². The van der Waals surface area contributed by atoms with Crippen molar-refractivity contribution in [1.29, 1.82) is 0 Å². The van der Waals surface area contributed by atoms with Crippen molar-refractivity contribution < 1.29 is 29.0 Å². The lowest BCUT2D eigenvalue weighted by atomic mass is 10.0. The molecule has 0 saturated carbocycles. The van der Waals surface area contributed by atoms with Crippen LogP contribution in [0.2, 0.25) is 0 Å². The number of ether oxygens (including phenoxy) is 1. The maximum Gasteiger partial charge on any atom is 0.408 e. The van der Waals surface area contributed by atoms with Gasteiger partial charge in [0.2, 0.25) is 11.8 Å². The van der Waals surface area contributed by atoms with Gasteiger partial charge in [-0.15, -0.1) is 0 Å². The summed E-state index contributed by atoms with van der Waals surface area (Å²) in [5.41, 5.74) is -0.701. The molecule has 0 aromatic carbocycles. The van der Waals surface area contributed by atoms with Crippen LogP contribution in [0.25, 0.3) is 0 Å². The Kier molecular flexibility index (Phi) is 7.62. The average Bonchev–Trinajstić information content (AvgIpc) is 2.99. The van der Waals surface area contributed by atoms with Crippen LogP contribution >= 0.6 is 0 Å². The van der Waals surface area contributed by atoms with Crippen molar-refractivity contribution in [3.05, 3.63) is 0 Å². The molecule has 0 radical (unpaired) electrons. The van der Waals surface area contributed by atoms with Crippen molar-refractivity contribution in [2.24, 2.45) is 5.92 Å². The zero-order valence-electron chi connectivity index (χ0n) is 16.9. The van der Waals surface area contributed by atoms with E-state index < -0.39 is 47.6 Å². The van der Waals surface area contributed by atoms with Crippen LogP contribution in [-0.2, 0) is 19.1 Å². The van der Waals surface area contributed by atoms with E-state index >= 15 is 0 Å². The molecule has 0 aliphatic carbocycles. The van der Waals surface area contributed by atoms with E-state index in [4.69, 9.17) is 4.74 Å². The van der Waals surface area contributed by atoms with Crippen LogP contribution in [0.15, 0.2) is 0 Å². The number of amides is 3. The number of hydrogen-bond acceptors (Lipinski definition) is 5. The monoisotopic (exact) mass is 385 g/mol. The van der Waals surface area contributed by atoms with E-state index in [1.165, 1.54) is 11.8 Å². The Hall–Kier alpha value is -2.32. The smallest absolute Gasteiger partial charge is 0.408 e. The van der Waals surface area contributed by atoms with Gasteiger partial charge in [-0.25, -0.2) is 9.59 Å². The van der Waals surface area contributed by atoms with E-state index in [0.29, 0.717) is 19.4 Å². The first-order valence-corrected chi connectivity index (χ1v) is 9.16. The van der Waals surface area contributed by atoms with Gasteiger partial charge in [0.1, 0.15) is 23.7 Å². The van der Waals surface area contributed by atoms with Gasteiger partial charge in [-0.3, -0.25) is 9.59 Å². The SMILES string of the molecule is CC(C)[C@H](NC(=O)OC(C)(C)C)C(=O)N[C@@H](C)C(=O)N1CCC[C@H]1C(=O)O. The highest BCUT2D eigenvalue weighted by Crippen LogP contribution is 2.18. The lowest BCUT2D eigenvalue weighted by Crippen LogP contribution is -2.56. The van der Waals surface area contributed by atoms with Gasteiger partial charge < -0.3 is 25.4 Å². The van der Waals surface area contributed by atoms with Gasteiger partial charge in [-0.05, 0) is 46.5 Å². The number of alkyl carbamates (subject to hydrolysis) is 1. The molecule has 1 saturated heterocycles. The molecule has 9 nitrogen and oxygen atoms in total. The van der Waals surface area contributed by atoms with Crippen LogP contribution in [0.5, 0.6) is 0 Å². The number of carboxylic acids is 1. The summed E-state index contributed by atoms with van der Waals surface area (Å²) in [5.74, 6) is -2.26. The minimum atomic E-state index is -1.05. The Morgan fingerprint density at radius 3 is 2.19 bits per heavy atom. The van der Waals surface area contributed by atoms with E-state index in [-0.39, 0.29) is 5.92 Å². The molecule has 27 heavy (non-hydrogen) atoms. The maximum atomic E-state index is 12.6. The zero-order valence-corrected chi connectivity index (χ0v) is 16.9. The molecule has 0 aromatic rings. The lowest BCUT2D eigenvalue weighted by molar-refractivity contribution is -0.149. The Bertz CT molecular complexity index is 584. The number of aliphatic carboxylic acids is 1. The van der Waals surface area contributed by atoms with Crippen LogP contribution in [0.3, 0.4) is 0 Å². The molecule has 1 heterocycles. The molecule has 0 unspecified atom stereocenters. The second-order valence-electron chi connectivity index (χ2n) is 8.13. The predicted molar refractivity (Wildman–Crippen MR) is 98.0 cm³/mol. The standard InChI is InChI=1S/C18H31N3O6/c1-10(2)13(20-17(26)27-18(4,5)6)14(22)19-11(3)15(23)21-9-7-8-12(21)16(24)25/h10-13H,7-9H2,1-6H3,(H,19,22)(H,20,26)(H,24,25)/t11-,12-,13-/m0/s1. The number of carbonyl (C=O) groups excluding carboxylic acids is 3. The van der Waals surface area contributed by atoms with Gasteiger partial charge in [-0.1, -0.05) is 13.8 Å². The summed E-state index contributed by atoms with van der Waals surface area (Å²) >= 11 is 0. The number of nitrogens with zero attached hydrogens (tertiary/aromatic N) is 1. The molecular weight excluding hydrogens is 354 g/mol. The molecule has 1 fully saturated rings. The minimum Gasteiger partial charge on any atom is -0.480 e. The van der Waals surface area contributed by atoms with Crippen molar-refractivity contribution in [1.82, 2.24) is 15.5 Å². The molecule has 1 aliphatic rings. The van der Waals surface area contributed by atoms with Gasteiger partial charge in [0.15, 0.2) is 0 Å². The summed E-state index contributed by atoms with van der Waals surface area (Å²) < 4.78 is 5.17. The topological polar surface area (TPSA) is 125 Å². The van der Waals surface area contributed by atoms with Crippen LogP contribution in [0.4, 0.5) is 4.79 Å². The Labute approximate surface area is 159 Å². The average molecular weight is 385 g/mol. The molecule has 0 spiro atoms. The van der Waals surface area contributed by atoms with E-state index in [1.807, 2.05) is 0 Å². The Balaban J connectivity index is 2.73. The second kappa shape index (κ2) is 9.05. The normalized spacial score (nSPS) is 19.4. The molecule has 154 valence electrons. The summed E-state index contributed by atoms with van der Waals surface area (Å²) in [4.78, 5) is 49.6. The Morgan fingerprint density at radius 2 is 1.70 bits per heavy atom. The molecule has 3 atom stereocenters. The third-order valence-electron chi connectivity index (χ3n) is 4.17. The molecule has 1 aliphatic heterocycles. The van der Waals surface area contributed by atoms with Gasteiger partial charge in [0.05, 0.1) is 0 Å². The first kappa shape index (κ1) is 22.7. The summed E-state index contributed by atoms with van der Waals surface area (Å²) in [6.45, 7) is 10.5. The summed E-state index contributed by atoms with van der Waals surface area (Å²) in [5, 5.41) is 14.3. The van der Waals surface area contributed by atoms with E-state index in [1.54, 1.807) is 34.6 Å². The number of carbonyl (C=O) groups is 4. The van der Waals surface area contributed by atoms with E-state index in [0.717, 1.165) is 0 Å². The molecular formula is C18H31N3O6. The molecule has 3 amide bonds. The van der Waals surface area contributed by atoms with Gasteiger partial charge in [0, 0.05) is 6.54 Å². The van der Waals surface area contributed by atoms with Gasteiger partial charge >= 0.3 is 12.1 Å². The highest BCUT2D eigenvalue weighted by molar-refractivity contribution is 5.93. The maximum absolute atomic E-state index is 12.6. The molecule has 1 rings (SSSR count). The predicted octanol–water partition coefficient (Wildman–Crippen LogP) is 1.12. The first-order chi connectivity index (χ1) is 12.3. The zero-order chi connectivity index (χ0) is 20.9. The summed E-state index contributed by atoms with van der Waals surface area (Å²) in [6.07, 6.45) is 0.287. The molecule has 0 aromatic heterocycles. The third kappa shape index (κ3) is 6.73. The van der Waals surface area contributed by atoms with Gasteiger partial charge in [0.25, 0.3) is 0 Å². The van der Waals surface area contributed by atoms with E-state index in [9.17, 15) is 24.3 Å². The van der Waals surface area contributed by atoms with Crippen LogP contribution < -0.4 is 10.6 Å². The Morgan fingerprint density at radius 1 is 1.11 bits per heavy atom. The number of nitrogens with one attached hydrogen (secondary N) is 2. The first-order valence-electron chi connectivity index (χ1n) is 9.16. The fourth-order valence-corrected chi connectivity index (χ4v) is 2.87. The number of rotatable bonds is 6. The fourth-order valence-electron chi connectivity index (χ4n) is 2.87. The van der Waals surface area contributed by atoms with Crippen LogP contribution in [0.1, 0.15) is 54.4 Å². The summed E-state index contributed by atoms with van der Waals surface area (Å²) in [6, 6.07) is -2.65. The fraction of sp³-hybridized carbons (Fsp3) is 0.778. The van der Waals surface area contributed by atoms with Crippen molar-refractivity contribution in [2.45, 2.75) is 78.1 Å². The quantitative estimate of drug-likeness (QED) is 0.629. The van der Waals surface area contributed by atoms with Crippen molar-refractivity contribution in [2.75, 3.05) is 6.54 Å².